The average Bonchev–Trinajstić information content (AvgIpc) is 2.90. The van der Waals surface area contributed by atoms with Gasteiger partial charge in [0.15, 0.2) is 0 Å². The van der Waals surface area contributed by atoms with Gasteiger partial charge in [-0.15, -0.1) is 0 Å². The molecule has 7 nitrogen and oxygen atoms in total. The second-order valence-corrected chi connectivity index (χ2v) is 5.78. The predicted molar refractivity (Wildman–Crippen MR) is 83.4 cm³/mol. The molecule has 0 aliphatic carbocycles. The Balaban J connectivity index is 1.98. The summed E-state index contributed by atoms with van der Waals surface area (Å²) >= 11 is 1.63. The van der Waals surface area contributed by atoms with E-state index in [1.165, 1.54) is 6.33 Å². The third-order valence-corrected chi connectivity index (χ3v) is 4.14. The number of nitrogens with one attached hydrogen (secondary N) is 3. The van der Waals surface area contributed by atoms with Gasteiger partial charge in [0.05, 0.1) is 24.6 Å². The first-order chi connectivity index (χ1) is 10.2. The highest BCUT2D eigenvalue weighted by Crippen LogP contribution is 2.13. The van der Waals surface area contributed by atoms with E-state index >= 15 is 0 Å². The monoisotopic (exact) mass is 312 g/mol. The van der Waals surface area contributed by atoms with Crippen molar-refractivity contribution in [3.8, 4) is 0 Å². The van der Waals surface area contributed by atoms with E-state index in [0.717, 1.165) is 11.3 Å². The molecule has 0 saturated heterocycles. The minimum atomic E-state index is -0.728. The molecule has 21 heavy (non-hydrogen) atoms. The molecular formula is C13H20N4O3S. The molecular weight excluding hydrogens is 292 g/mol. The van der Waals surface area contributed by atoms with Crippen LogP contribution >= 0.6 is 11.8 Å². The van der Waals surface area contributed by atoms with Crippen LogP contribution in [-0.4, -0.2) is 56.4 Å². The molecule has 0 aromatic carbocycles. The lowest BCUT2D eigenvalue weighted by molar-refractivity contribution is 0.0549. The second kappa shape index (κ2) is 7.60. The molecule has 2 unspecified atom stereocenters. The van der Waals surface area contributed by atoms with Gasteiger partial charge in [0.2, 0.25) is 0 Å². The number of fused-ring (bicyclic) bond motifs is 1. The zero-order valence-electron chi connectivity index (χ0n) is 11.8. The van der Waals surface area contributed by atoms with E-state index in [-0.39, 0.29) is 18.1 Å². The number of H-pyrrole nitrogens is 2. The molecule has 0 aliphatic heterocycles. The Morgan fingerprint density at radius 2 is 2.29 bits per heavy atom. The van der Waals surface area contributed by atoms with Crippen molar-refractivity contribution in [2.45, 2.75) is 12.6 Å². The highest BCUT2D eigenvalue weighted by atomic mass is 32.2. The fraction of sp³-hybridized carbons (Fsp3) is 0.538. The van der Waals surface area contributed by atoms with Crippen molar-refractivity contribution in [3.63, 3.8) is 0 Å². The van der Waals surface area contributed by atoms with Crippen molar-refractivity contribution in [1.82, 2.24) is 20.3 Å². The smallest absolute Gasteiger partial charge is 0.275 e. The number of aliphatic hydroxyl groups is 2. The summed E-state index contributed by atoms with van der Waals surface area (Å²) in [7, 11) is 0. The summed E-state index contributed by atoms with van der Waals surface area (Å²) in [5.74, 6) is 0.743. The van der Waals surface area contributed by atoms with Gasteiger partial charge >= 0.3 is 0 Å². The summed E-state index contributed by atoms with van der Waals surface area (Å²) in [4.78, 5) is 21.2. The number of hydrogen-bond acceptors (Lipinski definition) is 6. The number of aliphatic hydroxyl groups excluding tert-OH is 2. The molecule has 2 rings (SSSR count). The van der Waals surface area contributed by atoms with Crippen molar-refractivity contribution in [1.29, 1.82) is 0 Å². The molecule has 0 bridgehead atoms. The maximum absolute atomic E-state index is 11.6. The quantitative estimate of drug-likeness (QED) is 0.456. The lowest BCUT2D eigenvalue weighted by Gasteiger charge is -2.20. The van der Waals surface area contributed by atoms with Crippen LogP contribution in [0.3, 0.4) is 0 Å². The number of aromatic nitrogens is 3. The Morgan fingerprint density at radius 3 is 3.00 bits per heavy atom. The highest BCUT2D eigenvalue weighted by molar-refractivity contribution is 7.98. The van der Waals surface area contributed by atoms with Gasteiger partial charge in [0.25, 0.3) is 5.56 Å². The normalized spacial score (nSPS) is 14.4. The van der Waals surface area contributed by atoms with Gasteiger partial charge in [0, 0.05) is 30.8 Å². The minimum absolute atomic E-state index is 0.0217. The van der Waals surface area contributed by atoms with Crippen molar-refractivity contribution < 1.29 is 10.2 Å². The highest BCUT2D eigenvalue weighted by Gasteiger charge is 2.17. The fourth-order valence-electron chi connectivity index (χ4n) is 2.20. The van der Waals surface area contributed by atoms with Gasteiger partial charge in [0.1, 0.15) is 5.52 Å². The van der Waals surface area contributed by atoms with Gasteiger partial charge in [-0.25, -0.2) is 4.98 Å². The Hall–Kier alpha value is -1.35. The van der Waals surface area contributed by atoms with E-state index in [1.54, 1.807) is 18.0 Å². The largest absolute Gasteiger partial charge is 0.394 e. The second-order valence-electron chi connectivity index (χ2n) is 4.87. The first-order valence-corrected chi connectivity index (χ1v) is 8.09. The van der Waals surface area contributed by atoms with E-state index in [9.17, 15) is 9.90 Å². The van der Waals surface area contributed by atoms with E-state index in [1.807, 2.05) is 6.26 Å². The zero-order chi connectivity index (χ0) is 15.2. The first kappa shape index (κ1) is 16.0. The molecule has 116 valence electrons. The van der Waals surface area contributed by atoms with Gasteiger partial charge in [-0.2, -0.15) is 11.8 Å². The number of thioether (sulfide) groups is 1. The Labute approximate surface area is 126 Å². The number of hydrogen-bond donors (Lipinski definition) is 5. The Morgan fingerprint density at radius 1 is 1.48 bits per heavy atom. The molecule has 0 amide bonds. The molecule has 5 N–H and O–H groups in total. The summed E-state index contributed by atoms with van der Waals surface area (Å²) in [5, 5.41) is 22.0. The summed E-state index contributed by atoms with van der Waals surface area (Å²) in [5.41, 5.74) is 1.82. The van der Waals surface area contributed by atoms with Crippen LogP contribution in [-0.2, 0) is 6.54 Å². The maximum atomic E-state index is 11.6. The van der Waals surface area contributed by atoms with Gasteiger partial charge < -0.3 is 25.5 Å². The fourth-order valence-corrected chi connectivity index (χ4v) is 2.97. The van der Waals surface area contributed by atoms with E-state index < -0.39 is 6.10 Å². The summed E-state index contributed by atoms with van der Waals surface area (Å²) in [6, 6.07) is 0. The molecule has 0 fully saturated rings. The van der Waals surface area contributed by atoms with Crippen LogP contribution in [0.15, 0.2) is 17.3 Å². The van der Waals surface area contributed by atoms with Crippen LogP contribution in [0.4, 0.5) is 0 Å². The zero-order valence-corrected chi connectivity index (χ0v) is 12.6. The van der Waals surface area contributed by atoms with Crippen molar-refractivity contribution >= 4 is 22.8 Å². The van der Waals surface area contributed by atoms with Crippen LogP contribution in [0, 0.1) is 5.92 Å². The van der Waals surface area contributed by atoms with Crippen molar-refractivity contribution in [3.05, 3.63) is 28.4 Å². The lowest BCUT2D eigenvalue weighted by atomic mass is 10.1. The van der Waals surface area contributed by atoms with E-state index in [4.69, 9.17) is 5.11 Å². The Bertz CT molecular complexity index is 627. The lowest BCUT2D eigenvalue weighted by Crippen LogP contribution is -2.35. The van der Waals surface area contributed by atoms with Crippen LogP contribution < -0.4 is 10.9 Å². The summed E-state index contributed by atoms with van der Waals surface area (Å²) < 4.78 is 0. The van der Waals surface area contributed by atoms with E-state index in [2.05, 4.69) is 20.3 Å². The predicted octanol–water partition coefficient (Wildman–Crippen LogP) is -0.327. The van der Waals surface area contributed by atoms with Crippen molar-refractivity contribution in [2.24, 2.45) is 5.92 Å². The third kappa shape index (κ3) is 3.85. The molecule has 2 aromatic rings. The molecule has 2 atom stereocenters. The van der Waals surface area contributed by atoms with Gasteiger partial charge in [-0.3, -0.25) is 4.79 Å². The van der Waals surface area contributed by atoms with Crippen LogP contribution in [0.5, 0.6) is 0 Å². The first-order valence-electron chi connectivity index (χ1n) is 6.69. The minimum Gasteiger partial charge on any atom is -0.394 e. The van der Waals surface area contributed by atoms with Crippen molar-refractivity contribution in [2.75, 3.05) is 25.2 Å². The van der Waals surface area contributed by atoms with Crippen LogP contribution in [0.25, 0.3) is 11.0 Å². The van der Waals surface area contributed by atoms with E-state index in [0.29, 0.717) is 24.1 Å². The molecule has 0 spiro atoms. The van der Waals surface area contributed by atoms with Gasteiger partial charge in [-0.1, -0.05) is 0 Å². The van der Waals surface area contributed by atoms with Gasteiger partial charge in [-0.05, 0) is 12.0 Å². The molecule has 8 heteroatoms. The van der Waals surface area contributed by atoms with Crippen LogP contribution in [0.1, 0.15) is 5.56 Å². The number of aromatic amines is 2. The average molecular weight is 312 g/mol. The molecule has 2 aromatic heterocycles. The third-order valence-electron chi connectivity index (χ3n) is 3.38. The summed E-state index contributed by atoms with van der Waals surface area (Å²) in [6.07, 6.45) is 4.38. The molecule has 0 radical (unpaired) electrons. The SMILES string of the molecule is CSCC(CNCc1c[nH]c2c(=O)[nH]cnc12)C(O)CO. The molecule has 2 heterocycles. The molecule has 0 aliphatic rings. The maximum Gasteiger partial charge on any atom is 0.275 e. The number of nitrogens with zero attached hydrogens (tertiary/aromatic N) is 1. The summed E-state index contributed by atoms with van der Waals surface area (Å²) in [6.45, 7) is 0.884. The standard InChI is InChI=1S/C13H20N4O3S/c1-21-6-9(10(19)5-18)3-14-2-8-4-15-12-11(8)16-7-17-13(12)20/h4,7,9-10,14-15,18-19H,2-3,5-6H2,1H3,(H,16,17,20). The van der Waals surface area contributed by atoms with Crippen LogP contribution in [0.2, 0.25) is 0 Å². The topological polar surface area (TPSA) is 114 Å². The molecule has 0 saturated carbocycles. The number of rotatable bonds is 8. The Kier molecular flexibility index (Phi) is 5.80.